The highest BCUT2D eigenvalue weighted by atomic mass is 35.5. The number of nitrogens with zero attached hydrogens (tertiary/aromatic N) is 1. The van der Waals surface area contributed by atoms with Gasteiger partial charge in [-0.25, -0.2) is 0 Å². The van der Waals surface area contributed by atoms with Crippen LogP contribution in [0.2, 0.25) is 5.02 Å². The van der Waals surface area contributed by atoms with Crippen LogP contribution in [0.4, 0.5) is 0 Å². The molecule has 0 bridgehead atoms. The van der Waals surface area contributed by atoms with Crippen molar-refractivity contribution in [3.05, 3.63) is 47.0 Å². The fourth-order valence-electron chi connectivity index (χ4n) is 2.67. The summed E-state index contributed by atoms with van der Waals surface area (Å²) in [5.74, 6) is 0. The third-order valence-electron chi connectivity index (χ3n) is 3.59. The molecule has 0 aromatic heterocycles. The molecule has 1 heterocycles. The quantitative estimate of drug-likeness (QED) is 0.835. The highest BCUT2D eigenvalue weighted by Crippen LogP contribution is 2.33. The maximum atomic E-state index is 6.40. The normalized spacial score (nSPS) is 16.7. The molecular formula is C15H23Cl3N2. The lowest BCUT2D eigenvalue weighted by Gasteiger charge is -2.36. The zero-order chi connectivity index (χ0) is 13.0. The molecule has 20 heavy (non-hydrogen) atoms. The van der Waals surface area contributed by atoms with E-state index in [0.29, 0.717) is 6.04 Å². The second kappa shape index (κ2) is 9.64. The lowest BCUT2D eigenvalue weighted by atomic mass is 9.96. The van der Waals surface area contributed by atoms with Gasteiger partial charge in [-0.15, -0.1) is 31.4 Å². The molecule has 5 heteroatoms. The summed E-state index contributed by atoms with van der Waals surface area (Å²) in [6.07, 6.45) is 2.94. The lowest BCUT2D eigenvalue weighted by molar-refractivity contribution is 0.174. The van der Waals surface area contributed by atoms with Gasteiger partial charge in [-0.1, -0.05) is 29.8 Å². The van der Waals surface area contributed by atoms with E-state index in [9.17, 15) is 0 Å². The van der Waals surface area contributed by atoms with Crippen LogP contribution in [-0.2, 0) is 0 Å². The van der Waals surface area contributed by atoms with Gasteiger partial charge in [-0.3, -0.25) is 4.90 Å². The van der Waals surface area contributed by atoms with Crippen LogP contribution in [0, 0.1) is 6.92 Å². The Morgan fingerprint density at radius 1 is 1.35 bits per heavy atom. The van der Waals surface area contributed by atoms with Crippen molar-refractivity contribution in [2.45, 2.75) is 19.4 Å². The molecule has 0 radical (unpaired) electrons. The Labute approximate surface area is 139 Å². The first-order valence-electron chi connectivity index (χ1n) is 6.54. The second-order valence-corrected chi connectivity index (χ2v) is 5.20. The minimum absolute atomic E-state index is 0. The van der Waals surface area contributed by atoms with E-state index in [1.54, 1.807) is 0 Å². The van der Waals surface area contributed by atoms with Gasteiger partial charge in [0.05, 0.1) is 0 Å². The van der Waals surface area contributed by atoms with E-state index in [4.69, 9.17) is 11.6 Å². The van der Waals surface area contributed by atoms with Crippen LogP contribution in [0.1, 0.15) is 23.6 Å². The van der Waals surface area contributed by atoms with Crippen LogP contribution in [0.3, 0.4) is 0 Å². The van der Waals surface area contributed by atoms with E-state index < -0.39 is 0 Å². The van der Waals surface area contributed by atoms with Crippen LogP contribution in [0.5, 0.6) is 0 Å². The number of halogens is 3. The number of rotatable bonds is 4. The Hall–Kier alpha value is -0.250. The third-order valence-corrected chi connectivity index (χ3v) is 3.92. The van der Waals surface area contributed by atoms with Crippen molar-refractivity contribution in [2.75, 3.05) is 26.2 Å². The van der Waals surface area contributed by atoms with Crippen LogP contribution in [0.15, 0.2) is 30.9 Å². The van der Waals surface area contributed by atoms with Crippen molar-refractivity contribution in [3.8, 4) is 0 Å². The molecule has 1 saturated heterocycles. The lowest BCUT2D eigenvalue weighted by Crippen LogP contribution is -2.45. The largest absolute Gasteiger partial charge is 0.314 e. The highest BCUT2D eigenvalue weighted by Gasteiger charge is 2.24. The SMILES string of the molecule is C=CC[C@H](c1c(C)cccc1Cl)N1CCNCC1.Cl.Cl. The summed E-state index contributed by atoms with van der Waals surface area (Å²) in [6.45, 7) is 10.3. The Kier molecular flexibility index (Phi) is 9.52. The van der Waals surface area contributed by atoms with Gasteiger partial charge in [0.1, 0.15) is 0 Å². The standard InChI is InChI=1S/C15H21ClN2.2ClH/c1-3-5-14(18-10-8-17-9-11-18)15-12(2)6-4-7-13(15)16;;/h3-4,6-7,14,17H,1,5,8-11H2,2H3;2*1H/t14-;;/m1../s1. The molecule has 0 amide bonds. The summed E-state index contributed by atoms with van der Waals surface area (Å²) in [5, 5.41) is 4.27. The number of aryl methyl sites for hydroxylation is 1. The molecule has 1 aliphatic heterocycles. The molecule has 2 rings (SSSR count). The first-order chi connectivity index (χ1) is 8.74. The van der Waals surface area contributed by atoms with E-state index in [-0.39, 0.29) is 24.8 Å². The predicted octanol–water partition coefficient (Wildman–Crippen LogP) is 4.01. The zero-order valence-electron chi connectivity index (χ0n) is 11.8. The molecule has 1 aromatic rings. The van der Waals surface area contributed by atoms with Gasteiger partial charge in [-0.05, 0) is 30.5 Å². The van der Waals surface area contributed by atoms with Gasteiger partial charge in [-0.2, -0.15) is 0 Å². The number of benzene rings is 1. The Balaban J connectivity index is 0.00000180. The topological polar surface area (TPSA) is 15.3 Å². The molecule has 1 aliphatic rings. The molecule has 0 spiro atoms. The van der Waals surface area contributed by atoms with Gasteiger partial charge < -0.3 is 5.32 Å². The van der Waals surface area contributed by atoms with Crippen molar-refractivity contribution in [1.82, 2.24) is 10.2 Å². The number of nitrogens with one attached hydrogen (secondary N) is 1. The summed E-state index contributed by atoms with van der Waals surface area (Å²) in [6, 6.07) is 6.50. The third kappa shape index (κ3) is 4.64. The summed E-state index contributed by atoms with van der Waals surface area (Å²) in [5.41, 5.74) is 2.54. The number of hydrogen-bond acceptors (Lipinski definition) is 2. The highest BCUT2D eigenvalue weighted by molar-refractivity contribution is 6.31. The minimum atomic E-state index is 0. The second-order valence-electron chi connectivity index (χ2n) is 4.80. The summed E-state index contributed by atoms with van der Waals surface area (Å²) in [7, 11) is 0. The maximum Gasteiger partial charge on any atom is 0.0456 e. The average molecular weight is 338 g/mol. The van der Waals surface area contributed by atoms with E-state index in [2.05, 4.69) is 29.8 Å². The molecule has 1 atom stereocenters. The van der Waals surface area contributed by atoms with E-state index in [1.165, 1.54) is 11.1 Å². The Morgan fingerprint density at radius 3 is 2.55 bits per heavy atom. The summed E-state index contributed by atoms with van der Waals surface area (Å²) in [4.78, 5) is 2.51. The molecule has 1 N–H and O–H groups in total. The Morgan fingerprint density at radius 2 is 2.00 bits per heavy atom. The molecule has 1 aromatic carbocycles. The predicted molar refractivity (Wildman–Crippen MR) is 92.7 cm³/mol. The summed E-state index contributed by atoms with van der Waals surface area (Å²) < 4.78 is 0. The van der Waals surface area contributed by atoms with Crippen molar-refractivity contribution in [3.63, 3.8) is 0 Å². The van der Waals surface area contributed by atoms with Gasteiger partial charge in [0.15, 0.2) is 0 Å². The number of hydrogen-bond donors (Lipinski definition) is 1. The van der Waals surface area contributed by atoms with Gasteiger partial charge in [0.2, 0.25) is 0 Å². The zero-order valence-corrected chi connectivity index (χ0v) is 14.2. The van der Waals surface area contributed by atoms with E-state index in [1.807, 2.05) is 18.2 Å². The van der Waals surface area contributed by atoms with Crippen molar-refractivity contribution in [2.24, 2.45) is 0 Å². The van der Waals surface area contributed by atoms with E-state index >= 15 is 0 Å². The van der Waals surface area contributed by atoms with Gasteiger partial charge >= 0.3 is 0 Å². The van der Waals surface area contributed by atoms with Crippen molar-refractivity contribution >= 4 is 36.4 Å². The van der Waals surface area contributed by atoms with Crippen molar-refractivity contribution in [1.29, 1.82) is 0 Å². The fourth-order valence-corrected chi connectivity index (χ4v) is 3.02. The molecule has 1 fully saturated rings. The minimum Gasteiger partial charge on any atom is -0.314 e. The molecule has 0 unspecified atom stereocenters. The molecule has 0 saturated carbocycles. The maximum absolute atomic E-state index is 6.40. The van der Waals surface area contributed by atoms with Gasteiger partial charge in [0, 0.05) is 37.2 Å². The fraction of sp³-hybridized carbons (Fsp3) is 0.467. The molecule has 0 aliphatic carbocycles. The smallest absolute Gasteiger partial charge is 0.0456 e. The van der Waals surface area contributed by atoms with Gasteiger partial charge in [0.25, 0.3) is 0 Å². The monoisotopic (exact) mass is 336 g/mol. The van der Waals surface area contributed by atoms with Crippen molar-refractivity contribution < 1.29 is 0 Å². The van der Waals surface area contributed by atoms with Crippen LogP contribution >= 0.6 is 36.4 Å². The first kappa shape index (κ1) is 19.8. The van der Waals surface area contributed by atoms with Crippen LogP contribution in [0.25, 0.3) is 0 Å². The Bertz CT molecular complexity index is 397. The van der Waals surface area contributed by atoms with E-state index in [0.717, 1.165) is 37.6 Å². The van der Waals surface area contributed by atoms with Crippen LogP contribution < -0.4 is 5.32 Å². The molecular weight excluding hydrogens is 315 g/mol. The molecule has 2 nitrogen and oxygen atoms in total. The van der Waals surface area contributed by atoms with Crippen LogP contribution in [-0.4, -0.2) is 31.1 Å². The first-order valence-corrected chi connectivity index (χ1v) is 6.92. The number of piperazine rings is 1. The molecule has 114 valence electrons. The summed E-state index contributed by atoms with van der Waals surface area (Å²) >= 11 is 6.40. The average Bonchev–Trinajstić information content (AvgIpc) is 2.38.